The zero-order valence-corrected chi connectivity index (χ0v) is 75.0. The number of rotatable bonds is 28. The molecule has 1 saturated carbocycles. The predicted octanol–water partition coefficient (Wildman–Crippen LogP) is 2.72. The summed E-state index contributed by atoms with van der Waals surface area (Å²) in [6, 6.07) is 19.6. The van der Waals surface area contributed by atoms with E-state index in [0.29, 0.717) is 49.0 Å². The van der Waals surface area contributed by atoms with E-state index in [1.54, 1.807) is 43.5 Å². The number of para-hydroxylation sites is 1. The molecular formula is C90H120N14O20Si2. The van der Waals surface area contributed by atoms with Crippen LogP contribution in [0.5, 0.6) is 5.75 Å². The van der Waals surface area contributed by atoms with Gasteiger partial charge in [-0.2, -0.15) is 9.59 Å². The van der Waals surface area contributed by atoms with E-state index in [2.05, 4.69) is 133 Å². The first-order chi connectivity index (χ1) is 59.7. The number of benzene rings is 4. The van der Waals surface area contributed by atoms with Crippen LogP contribution in [0.3, 0.4) is 0 Å². The van der Waals surface area contributed by atoms with E-state index in [-0.39, 0.29) is 100.0 Å². The molecule has 8 amide bonds. The summed E-state index contributed by atoms with van der Waals surface area (Å²) >= 11 is 0. The van der Waals surface area contributed by atoms with Gasteiger partial charge in [0.1, 0.15) is 36.0 Å². The number of aliphatic hydroxyl groups excluding tert-OH is 1. The minimum atomic E-state index is -2.96. The molecule has 16 atom stereocenters. The lowest BCUT2D eigenvalue weighted by atomic mass is 9.45. The third-order valence-electron chi connectivity index (χ3n) is 27.6. The van der Waals surface area contributed by atoms with Gasteiger partial charge in [0.05, 0.1) is 43.8 Å². The molecule has 1 spiro atoms. The number of nitrogens with zero attached hydrogens (tertiary/aromatic N) is 4. The number of aromatic nitrogens is 1. The molecule has 9 aliphatic rings. The maximum Gasteiger partial charge on any atom is 0.373 e. The molecule has 5 saturated heterocycles. The number of ketones is 1. The number of carboxylic acid groups (broad SMARTS) is 2. The van der Waals surface area contributed by atoms with Gasteiger partial charge in [-0.3, -0.25) is 67.5 Å². The molecule has 4 bridgehead atoms. The molecule has 5 aromatic rings. The Hall–Kier alpha value is -10.8. The van der Waals surface area contributed by atoms with Gasteiger partial charge in [-0.15, -0.1) is 0 Å². The Morgan fingerprint density at radius 1 is 0.810 bits per heavy atom. The van der Waals surface area contributed by atoms with Crippen LogP contribution in [0.2, 0.25) is 32.2 Å². The second-order valence-corrected chi connectivity index (χ2v) is 45.1. The Bertz CT molecular complexity index is 5090. The Kier molecular flexibility index (Phi) is 28.7. The topological polar surface area (TPSA) is 516 Å². The van der Waals surface area contributed by atoms with Gasteiger partial charge in [-0.25, -0.2) is 0 Å². The Labute approximate surface area is 733 Å². The molecule has 17 N–H and O–H groups in total. The Morgan fingerprint density at radius 2 is 1.50 bits per heavy atom. The summed E-state index contributed by atoms with van der Waals surface area (Å²) in [5.41, 5.74) is 14.5. The molecule has 36 heteroatoms. The van der Waals surface area contributed by atoms with Crippen molar-refractivity contribution in [1.29, 1.82) is 0 Å². The normalized spacial score (nSPS) is 28.7. The van der Waals surface area contributed by atoms with Crippen molar-refractivity contribution in [3.63, 3.8) is 0 Å². The van der Waals surface area contributed by atoms with Gasteiger partial charge in [0, 0.05) is 128 Å². The van der Waals surface area contributed by atoms with Gasteiger partial charge < -0.3 is 93.0 Å². The molecule has 0 radical (unpaired) electrons. The SMILES string of the molecule is CC[C@]1(O)C[C@H]2CN(CCc3c([nH]c4ccccc34)[C@@](C)(c3cc4c(cc3OC)C(C)[C@H]3[C@@](O)(CCC(=O)c5ccc([Si](C)(C)O[Si](C)(C)CC(NC(=O)CCC(=O)NCc6ccc(CN7C(=O)[C@H]8CC(=O)N[C@@H](CCCN=C(N)N)C(=O)NCC(=O)N[C@@H](CC(=O)O)C(=O)NC[C@H]7C(=O)N8)cc6)C(=O)O)cc5)[C@H](O)[C@]5(CC)C=CCN6CC[C@]43[C@H]65)C2)C1.O=C=O. The van der Waals surface area contributed by atoms with E-state index in [1.807, 2.05) is 38.3 Å². The number of carboxylic acids is 2. The molecular weight excluding hydrogens is 1650 g/mol. The van der Waals surface area contributed by atoms with Crippen LogP contribution in [0.15, 0.2) is 102 Å². The zero-order valence-electron chi connectivity index (χ0n) is 73.0. The minimum Gasteiger partial charge on any atom is -0.496 e. The van der Waals surface area contributed by atoms with Crippen molar-refractivity contribution in [2.24, 2.45) is 33.7 Å². The summed E-state index contributed by atoms with van der Waals surface area (Å²) in [6.45, 7) is 18.8. The maximum atomic E-state index is 14.9. The summed E-state index contributed by atoms with van der Waals surface area (Å²) in [4.78, 5) is 178. The number of fused-ring (bicyclic) bond motifs is 20. The van der Waals surface area contributed by atoms with Crippen LogP contribution in [0.4, 0.5) is 0 Å². The number of carbonyl (C=O) groups is 11. The van der Waals surface area contributed by atoms with Gasteiger partial charge in [0.2, 0.25) is 55.6 Å². The van der Waals surface area contributed by atoms with Crippen LogP contribution >= 0.6 is 0 Å². The molecule has 6 fully saturated rings. The quantitative estimate of drug-likeness (QED) is 0.00651. The van der Waals surface area contributed by atoms with Crippen LogP contribution in [-0.2, 0) is 92.0 Å². The lowest BCUT2D eigenvalue weighted by Crippen LogP contribution is -2.74. The van der Waals surface area contributed by atoms with Crippen molar-refractivity contribution < 1.29 is 96.7 Å². The number of piperidine rings is 1. The lowest BCUT2D eigenvalue weighted by Gasteiger charge is -2.64. The number of aromatic amines is 1. The number of ether oxygens (including phenoxy) is 1. The molecule has 678 valence electrons. The Balaban J connectivity index is 0.00000474. The number of carbonyl (C=O) groups excluding carboxylic acids is 11. The van der Waals surface area contributed by atoms with E-state index < -0.39 is 171 Å². The Morgan fingerprint density at radius 3 is 2.18 bits per heavy atom. The highest BCUT2D eigenvalue weighted by Crippen LogP contribution is 2.72. The number of hydrogen-bond donors (Lipinski definition) is 15. The van der Waals surface area contributed by atoms with Crippen molar-refractivity contribution >= 4 is 110 Å². The number of H-pyrrole nitrogens is 1. The number of hydrogen-bond acceptors (Lipinski definition) is 21. The number of Topliss-reactive ketones (excluding diaryl/α,β-unsaturated/α-hetero) is 1. The van der Waals surface area contributed by atoms with E-state index in [1.165, 1.54) is 16.5 Å². The molecule has 126 heavy (non-hydrogen) atoms. The fraction of sp³-hybridized carbons (Fsp3) is 0.544. The number of amides is 8. The molecule has 1 aromatic heterocycles. The number of aliphatic carboxylic acids is 2. The number of methoxy groups -OCH3 is 1. The second kappa shape index (κ2) is 38.4. The average molecular weight is 1770 g/mol. The largest absolute Gasteiger partial charge is 0.496 e. The highest BCUT2D eigenvalue weighted by molar-refractivity contribution is 6.92. The highest BCUT2D eigenvalue weighted by atomic mass is 28.4. The maximum absolute atomic E-state index is 14.9. The number of nitrogens with two attached hydrogens (primary N) is 2. The van der Waals surface area contributed by atoms with Crippen LogP contribution in [0.1, 0.15) is 167 Å². The van der Waals surface area contributed by atoms with Crippen LogP contribution < -0.4 is 58.6 Å². The number of piperazine rings is 1. The van der Waals surface area contributed by atoms with Crippen LogP contribution in [0, 0.1) is 17.3 Å². The lowest BCUT2D eigenvalue weighted by molar-refractivity contribution is -0.227. The van der Waals surface area contributed by atoms with Crippen molar-refractivity contribution in [2.45, 2.75) is 233 Å². The number of guanidine groups is 1. The molecule has 3 unspecified atom stereocenters. The standard InChI is InChI=1S/C89H120N14O18Si2.CO2/c1-10-86(118)43-54-42-85(4,76-58(30-36-101(47-54)50-86)57-16-12-13-17-62(57)99-76)61-39-60-59(38-69(61)120-5)51(3)75-88(60)33-37-102-35-15-31-87(11-2,82(88)102)83(117)89(75,119)32-29-68(104)55-23-25-56(26-24-55)123(8,9)121-122(6,7)49-66(81(115)116)98-71(106)28-27-70(105)93-44-52-19-21-53(22-20-52)48-103-67-45-94-78(112)64(41-74(109)110)97-73(108)46-95-77(111)63(18-14-34-92-84(90)91)96-72(107)40-65(80(103)114)100-79(67)113;2-1-3/h12-13,15-17,19-26,31,38-39,51,54,63-67,75,82-83,99,117-119H,10-11,14,18,27-30,32-37,40-50H2,1-9H3,(H,93,105)(H,94,112)(H,95,111)(H,96,107)(H,97,108)(H,98,106)(H,100,113)(H,109,110)(H,115,116)(H4,90,91,92);/t51?,54-,63-,64-,65+,66?,67-,75+,82+,83+,85+,86-,87+,88-,89-;/m0./s1. The molecule has 2 aliphatic carbocycles. The first-order valence-electron chi connectivity index (χ1n) is 43.5. The third kappa shape index (κ3) is 19.7. The van der Waals surface area contributed by atoms with Gasteiger partial charge in [-0.05, 0) is 160 Å². The van der Waals surface area contributed by atoms with E-state index in [9.17, 15) is 78.3 Å². The first-order valence-corrected chi connectivity index (χ1v) is 49.5. The number of aliphatic hydroxyl groups is 3. The van der Waals surface area contributed by atoms with E-state index in [4.69, 9.17) is 29.9 Å². The predicted molar refractivity (Wildman–Crippen MR) is 468 cm³/mol. The van der Waals surface area contributed by atoms with Gasteiger partial charge in [0.25, 0.3) is 0 Å². The smallest absolute Gasteiger partial charge is 0.373 e. The second-order valence-electron chi connectivity index (χ2n) is 36.8. The summed E-state index contributed by atoms with van der Waals surface area (Å²) < 4.78 is 13.6. The average Bonchev–Trinajstić information content (AvgIpc) is 1.48. The molecule has 7 aliphatic heterocycles. The minimum absolute atomic E-state index is 0.00446. The zero-order chi connectivity index (χ0) is 91.3. The number of nitrogens with one attached hydrogen (secondary N) is 8. The number of aliphatic imine (C=N–C) groups is 1. The third-order valence-corrected chi connectivity index (χ3v) is 35.0. The summed E-state index contributed by atoms with van der Waals surface area (Å²) in [7, 11) is -4.10. The van der Waals surface area contributed by atoms with Gasteiger partial charge in [-0.1, -0.05) is 106 Å². The van der Waals surface area contributed by atoms with E-state index >= 15 is 0 Å². The van der Waals surface area contributed by atoms with Crippen molar-refractivity contribution in [3.8, 4) is 5.75 Å². The summed E-state index contributed by atoms with van der Waals surface area (Å²) in [5, 5.41) is 79.2. The summed E-state index contributed by atoms with van der Waals surface area (Å²) in [5.74, 6) is -9.29. The van der Waals surface area contributed by atoms with E-state index in [0.717, 1.165) is 77.1 Å². The van der Waals surface area contributed by atoms with Crippen LogP contribution in [0.25, 0.3) is 10.9 Å². The van der Waals surface area contributed by atoms with Crippen molar-refractivity contribution in [3.05, 3.63) is 142 Å². The highest BCUT2D eigenvalue weighted by Gasteiger charge is 2.76. The summed E-state index contributed by atoms with van der Waals surface area (Å²) in [6.07, 6.45) is 5.49. The molecule has 8 heterocycles. The van der Waals surface area contributed by atoms with Gasteiger partial charge >= 0.3 is 18.1 Å². The fourth-order valence-corrected chi connectivity index (χ4v) is 30.7. The molecule has 34 nitrogen and oxygen atoms in total. The van der Waals surface area contributed by atoms with Crippen LogP contribution in [-0.4, -0.2) is 252 Å². The van der Waals surface area contributed by atoms with Crippen molar-refractivity contribution in [2.75, 3.05) is 59.5 Å². The molecule has 4 aromatic carbocycles. The van der Waals surface area contributed by atoms with Crippen molar-refractivity contribution in [1.82, 2.24) is 56.9 Å². The first kappa shape index (κ1) is 94.3. The molecule has 14 rings (SSSR count). The fourth-order valence-electron chi connectivity index (χ4n) is 22.1. The van der Waals surface area contributed by atoms with Gasteiger partial charge in [0.15, 0.2) is 20.1 Å². The monoisotopic (exact) mass is 1770 g/mol.